The summed E-state index contributed by atoms with van der Waals surface area (Å²) < 4.78 is 7.34. The largest absolute Gasteiger partial charge is 0.462 e. The van der Waals surface area contributed by atoms with Crippen molar-refractivity contribution in [1.29, 1.82) is 0 Å². The zero-order valence-electron chi connectivity index (χ0n) is 12.7. The molecular formula is C14H16IN3O3S. The van der Waals surface area contributed by atoms with Gasteiger partial charge in [0.2, 0.25) is 0 Å². The molecule has 1 amide bonds. The molecule has 0 aromatic carbocycles. The Morgan fingerprint density at radius 3 is 2.68 bits per heavy atom. The minimum Gasteiger partial charge on any atom is -0.462 e. The molecule has 0 bridgehead atoms. The average Bonchev–Trinajstić information content (AvgIpc) is 2.91. The van der Waals surface area contributed by atoms with Gasteiger partial charge in [-0.3, -0.25) is 9.48 Å². The lowest BCUT2D eigenvalue weighted by molar-refractivity contribution is 0.0527. The summed E-state index contributed by atoms with van der Waals surface area (Å²) in [5, 5.41) is 7.37. The summed E-state index contributed by atoms with van der Waals surface area (Å²) in [6.45, 7) is 5.80. The van der Waals surface area contributed by atoms with Gasteiger partial charge in [0, 0.05) is 11.9 Å². The number of nitrogens with one attached hydrogen (secondary N) is 1. The fourth-order valence-corrected chi connectivity index (χ4v) is 3.75. The minimum atomic E-state index is -0.417. The van der Waals surface area contributed by atoms with E-state index in [1.165, 1.54) is 16.0 Å². The van der Waals surface area contributed by atoms with Gasteiger partial charge in [-0.05, 0) is 48.9 Å². The van der Waals surface area contributed by atoms with Crippen LogP contribution in [0.4, 0.5) is 5.00 Å². The Bertz CT molecular complexity index is 717. The summed E-state index contributed by atoms with van der Waals surface area (Å²) in [6.07, 6.45) is 1.62. The van der Waals surface area contributed by atoms with Crippen LogP contribution in [0.1, 0.15) is 38.2 Å². The summed E-state index contributed by atoms with van der Waals surface area (Å²) in [7, 11) is 1.70. The Balaban J connectivity index is 2.36. The van der Waals surface area contributed by atoms with Crippen molar-refractivity contribution >= 4 is 50.8 Å². The summed E-state index contributed by atoms with van der Waals surface area (Å²) >= 11 is 3.42. The van der Waals surface area contributed by atoms with Crippen molar-refractivity contribution in [3.05, 3.63) is 31.5 Å². The van der Waals surface area contributed by atoms with Gasteiger partial charge in [-0.2, -0.15) is 5.10 Å². The summed E-state index contributed by atoms with van der Waals surface area (Å²) in [5.41, 5.74) is 1.72. The number of carbonyl (C=O) groups is 2. The minimum absolute atomic E-state index is 0.292. The molecule has 0 spiro atoms. The SMILES string of the molecule is CCOC(=O)c1c(NC(=O)c2c(I)cnn2C)sc(C)c1C. The molecule has 1 N–H and O–H groups in total. The van der Waals surface area contributed by atoms with Crippen LogP contribution in [-0.4, -0.2) is 28.3 Å². The van der Waals surface area contributed by atoms with Gasteiger partial charge in [0.1, 0.15) is 10.7 Å². The molecular weight excluding hydrogens is 417 g/mol. The van der Waals surface area contributed by atoms with E-state index in [0.717, 1.165) is 14.0 Å². The Hall–Kier alpha value is -1.42. The van der Waals surface area contributed by atoms with E-state index in [0.29, 0.717) is 22.9 Å². The van der Waals surface area contributed by atoms with Crippen LogP contribution in [0.25, 0.3) is 0 Å². The monoisotopic (exact) mass is 433 g/mol. The molecule has 0 atom stereocenters. The molecule has 22 heavy (non-hydrogen) atoms. The van der Waals surface area contributed by atoms with Crippen molar-refractivity contribution in [3.8, 4) is 0 Å². The lowest BCUT2D eigenvalue weighted by Crippen LogP contribution is -2.18. The molecule has 8 heteroatoms. The maximum atomic E-state index is 12.4. The molecule has 0 saturated heterocycles. The zero-order valence-corrected chi connectivity index (χ0v) is 15.7. The lowest BCUT2D eigenvalue weighted by atomic mass is 10.1. The second kappa shape index (κ2) is 6.78. The number of anilines is 1. The van der Waals surface area contributed by atoms with E-state index in [2.05, 4.69) is 33.0 Å². The van der Waals surface area contributed by atoms with Crippen molar-refractivity contribution < 1.29 is 14.3 Å². The second-order valence-corrected chi connectivity index (χ2v) is 7.01. The van der Waals surface area contributed by atoms with Crippen LogP contribution < -0.4 is 5.32 Å². The van der Waals surface area contributed by atoms with E-state index in [4.69, 9.17) is 4.74 Å². The molecule has 6 nitrogen and oxygen atoms in total. The van der Waals surface area contributed by atoms with E-state index in [1.807, 2.05) is 13.8 Å². The number of ether oxygens (including phenoxy) is 1. The number of esters is 1. The Labute approximate surface area is 146 Å². The first-order chi connectivity index (χ1) is 10.4. The number of rotatable bonds is 4. The molecule has 0 saturated carbocycles. The van der Waals surface area contributed by atoms with Gasteiger partial charge in [0.05, 0.1) is 21.9 Å². The lowest BCUT2D eigenvalue weighted by Gasteiger charge is -2.07. The average molecular weight is 433 g/mol. The number of nitrogens with zero attached hydrogens (tertiary/aromatic N) is 2. The molecule has 2 aromatic rings. The van der Waals surface area contributed by atoms with Gasteiger partial charge < -0.3 is 10.1 Å². The first kappa shape index (κ1) is 16.9. The smallest absolute Gasteiger partial charge is 0.341 e. The summed E-state index contributed by atoms with van der Waals surface area (Å²) in [6, 6.07) is 0. The number of hydrogen-bond acceptors (Lipinski definition) is 5. The molecule has 0 unspecified atom stereocenters. The fraction of sp³-hybridized carbons (Fsp3) is 0.357. The molecule has 2 rings (SSSR count). The van der Waals surface area contributed by atoms with Crippen LogP contribution >= 0.6 is 33.9 Å². The number of aromatic nitrogens is 2. The van der Waals surface area contributed by atoms with E-state index in [9.17, 15) is 9.59 Å². The Kier molecular flexibility index (Phi) is 5.22. The quantitative estimate of drug-likeness (QED) is 0.594. The van der Waals surface area contributed by atoms with Crippen molar-refractivity contribution in [1.82, 2.24) is 9.78 Å². The maximum Gasteiger partial charge on any atom is 0.341 e. The fourth-order valence-electron chi connectivity index (χ4n) is 1.99. The molecule has 118 valence electrons. The van der Waals surface area contributed by atoms with Crippen LogP contribution in [0.5, 0.6) is 0 Å². The highest BCUT2D eigenvalue weighted by Gasteiger charge is 2.24. The molecule has 0 radical (unpaired) electrons. The van der Waals surface area contributed by atoms with Crippen molar-refractivity contribution in [3.63, 3.8) is 0 Å². The van der Waals surface area contributed by atoms with Gasteiger partial charge in [0.15, 0.2) is 0 Å². The van der Waals surface area contributed by atoms with Gasteiger partial charge >= 0.3 is 5.97 Å². The Morgan fingerprint density at radius 1 is 1.45 bits per heavy atom. The number of aryl methyl sites for hydroxylation is 2. The third-order valence-electron chi connectivity index (χ3n) is 3.20. The topological polar surface area (TPSA) is 73.2 Å². The van der Waals surface area contributed by atoms with Gasteiger partial charge in [0.25, 0.3) is 5.91 Å². The van der Waals surface area contributed by atoms with Crippen molar-refractivity contribution in [2.75, 3.05) is 11.9 Å². The van der Waals surface area contributed by atoms with Crippen molar-refractivity contribution in [2.24, 2.45) is 7.05 Å². The molecule has 0 aliphatic heterocycles. The highest BCUT2D eigenvalue weighted by atomic mass is 127. The van der Waals surface area contributed by atoms with Crippen LogP contribution in [0.15, 0.2) is 6.20 Å². The Morgan fingerprint density at radius 2 is 2.14 bits per heavy atom. The van der Waals surface area contributed by atoms with E-state index < -0.39 is 5.97 Å². The third kappa shape index (κ3) is 3.17. The number of halogens is 1. The maximum absolute atomic E-state index is 12.4. The van der Waals surface area contributed by atoms with Crippen LogP contribution in [0.3, 0.4) is 0 Å². The van der Waals surface area contributed by atoms with Crippen molar-refractivity contribution in [2.45, 2.75) is 20.8 Å². The third-order valence-corrected chi connectivity index (χ3v) is 5.11. The standard InChI is InChI=1S/C14H16IN3O3S/c1-5-21-14(20)10-7(2)8(3)22-13(10)17-12(19)11-9(15)6-16-18(11)4/h6H,5H2,1-4H3,(H,17,19). The molecule has 0 fully saturated rings. The van der Waals surface area contributed by atoms with Crippen LogP contribution in [0.2, 0.25) is 0 Å². The van der Waals surface area contributed by atoms with E-state index >= 15 is 0 Å². The van der Waals surface area contributed by atoms with Gasteiger partial charge in [-0.1, -0.05) is 0 Å². The normalized spacial score (nSPS) is 10.6. The zero-order chi connectivity index (χ0) is 16.4. The summed E-state index contributed by atoms with van der Waals surface area (Å²) in [5.74, 6) is -0.712. The van der Waals surface area contributed by atoms with Crippen LogP contribution in [0, 0.1) is 17.4 Å². The van der Waals surface area contributed by atoms with E-state index in [-0.39, 0.29) is 5.91 Å². The first-order valence-electron chi connectivity index (χ1n) is 6.62. The number of thiophene rings is 1. The molecule has 0 aliphatic carbocycles. The van der Waals surface area contributed by atoms with Gasteiger partial charge in [-0.15, -0.1) is 11.3 Å². The highest BCUT2D eigenvalue weighted by Crippen LogP contribution is 2.33. The first-order valence-corrected chi connectivity index (χ1v) is 8.52. The van der Waals surface area contributed by atoms with Gasteiger partial charge in [-0.25, -0.2) is 4.79 Å². The molecule has 0 aliphatic rings. The number of amides is 1. The molecule has 2 heterocycles. The van der Waals surface area contributed by atoms with E-state index in [1.54, 1.807) is 20.2 Å². The summed E-state index contributed by atoms with van der Waals surface area (Å²) in [4.78, 5) is 25.5. The highest BCUT2D eigenvalue weighted by molar-refractivity contribution is 14.1. The predicted octanol–water partition coefficient (Wildman–Crippen LogP) is 3.13. The predicted molar refractivity (Wildman–Crippen MR) is 93.6 cm³/mol. The van der Waals surface area contributed by atoms with Crippen LogP contribution in [-0.2, 0) is 11.8 Å². The second-order valence-electron chi connectivity index (χ2n) is 4.63. The molecule has 2 aromatic heterocycles. The number of hydrogen-bond donors (Lipinski definition) is 1. The number of carbonyl (C=O) groups excluding carboxylic acids is 2.